The highest BCUT2D eigenvalue weighted by Gasteiger charge is 2.35. The molecule has 1 aromatic heterocycles. The summed E-state index contributed by atoms with van der Waals surface area (Å²) in [7, 11) is 0. The molecule has 7 nitrogen and oxygen atoms in total. The van der Waals surface area contributed by atoms with Gasteiger partial charge in [-0.25, -0.2) is 0 Å². The number of rotatable bonds is 7. The van der Waals surface area contributed by atoms with Crippen molar-refractivity contribution in [1.82, 2.24) is 20.1 Å². The number of carbonyl (C=O) groups excluding carboxylic acids is 1. The van der Waals surface area contributed by atoms with Crippen molar-refractivity contribution in [3.63, 3.8) is 0 Å². The zero-order chi connectivity index (χ0) is 25.8. The van der Waals surface area contributed by atoms with Crippen LogP contribution in [0.2, 0.25) is 0 Å². The zero-order valence-corrected chi connectivity index (χ0v) is 20.5. The van der Waals surface area contributed by atoms with Gasteiger partial charge in [0.05, 0.1) is 37.1 Å². The molecule has 4 heterocycles. The van der Waals surface area contributed by atoms with Gasteiger partial charge in [0, 0.05) is 51.2 Å². The van der Waals surface area contributed by atoms with E-state index in [4.69, 9.17) is 9.47 Å². The summed E-state index contributed by atoms with van der Waals surface area (Å²) in [5, 5.41) is 2.89. The molecular formula is C27H31F3N4O3. The predicted octanol–water partition coefficient (Wildman–Crippen LogP) is 3.15. The molecule has 0 bridgehead atoms. The lowest BCUT2D eigenvalue weighted by Gasteiger charge is -2.28. The molecule has 1 amide bonds. The molecule has 3 aliphatic rings. The lowest BCUT2D eigenvalue weighted by atomic mass is 9.97. The Balaban J connectivity index is 1.19. The van der Waals surface area contributed by atoms with Crippen molar-refractivity contribution in [1.29, 1.82) is 0 Å². The highest BCUT2D eigenvalue weighted by molar-refractivity contribution is 5.79. The molecule has 2 saturated heterocycles. The molecular weight excluding hydrogens is 485 g/mol. The third-order valence-electron chi connectivity index (χ3n) is 7.19. The second kappa shape index (κ2) is 11.3. The number of hydrogen-bond donors (Lipinski definition) is 1. The second-order valence-electron chi connectivity index (χ2n) is 9.80. The first-order valence-electron chi connectivity index (χ1n) is 12.6. The number of fused-ring (bicyclic) bond motifs is 1. The molecule has 37 heavy (non-hydrogen) atoms. The Morgan fingerprint density at radius 3 is 2.86 bits per heavy atom. The highest BCUT2D eigenvalue weighted by atomic mass is 19.4. The van der Waals surface area contributed by atoms with E-state index in [2.05, 4.69) is 15.2 Å². The van der Waals surface area contributed by atoms with Crippen LogP contribution in [0.3, 0.4) is 0 Å². The van der Waals surface area contributed by atoms with Gasteiger partial charge in [0.25, 0.3) is 0 Å². The number of aromatic nitrogens is 1. The summed E-state index contributed by atoms with van der Waals surface area (Å²) in [6.45, 7) is 4.25. The van der Waals surface area contributed by atoms with Gasteiger partial charge in [-0.05, 0) is 53.8 Å². The molecule has 1 N–H and O–H groups in total. The van der Waals surface area contributed by atoms with Crippen LogP contribution in [0.25, 0.3) is 0 Å². The fourth-order valence-electron chi connectivity index (χ4n) is 5.14. The molecule has 0 radical (unpaired) electrons. The highest BCUT2D eigenvalue weighted by Crippen LogP contribution is 2.32. The van der Waals surface area contributed by atoms with Crippen LogP contribution in [0.1, 0.15) is 28.8 Å². The Hall–Kier alpha value is -2.79. The quantitative estimate of drug-likeness (QED) is 0.610. The molecule has 5 rings (SSSR count). The summed E-state index contributed by atoms with van der Waals surface area (Å²) in [5.41, 5.74) is 2.70. The summed E-state index contributed by atoms with van der Waals surface area (Å²) in [5.74, 6) is -0.200. The number of alkyl halides is 3. The van der Waals surface area contributed by atoms with Gasteiger partial charge < -0.3 is 14.8 Å². The van der Waals surface area contributed by atoms with E-state index in [-0.39, 0.29) is 18.6 Å². The fraction of sp³-hybridized carbons (Fsp3) is 0.481. The first-order valence-corrected chi connectivity index (χ1v) is 12.6. The lowest BCUT2D eigenvalue weighted by Crippen LogP contribution is -2.38. The smallest absolute Gasteiger partial charge is 0.380 e. The Morgan fingerprint density at radius 1 is 1.22 bits per heavy atom. The van der Waals surface area contributed by atoms with Crippen LogP contribution >= 0.6 is 0 Å². The van der Waals surface area contributed by atoms with Crippen LogP contribution in [0.4, 0.5) is 13.2 Å². The van der Waals surface area contributed by atoms with Crippen LogP contribution < -0.4 is 5.32 Å². The molecule has 2 aromatic rings. The van der Waals surface area contributed by atoms with E-state index in [1.165, 1.54) is 6.07 Å². The monoisotopic (exact) mass is 516 g/mol. The molecule has 1 unspecified atom stereocenters. The first-order chi connectivity index (χ1) is 17.8. The van der Waals surface area contributed by atoms with Gasteiger partial charge in [-0.2, -0.15) is 13.2 Å². The van der Waals surface area contributed by atoms with Gasteiger partial charge in [-0.1, -0.05) is 12.1 Å². The van der Waals surface area contributed by atoms with Gasteiger partial charge in [-0.15, -0.1) is 0 Å². The summed E-state index contributed by atoms with van der Waals surface area (Å²) in [6, 6.07) is 9.90. The number of amides is 1. The number of benzene rings is 1. The maximum absolute atomic E-state index is 13.1. The van der Waals surface area contributed by atoms with Crippen molar-refractivity contribution < 1.29 is 27.4 Å². The number of carbonyl (C=O) groups is 1. The minimum absolute atomic E-state index is 0.110. The summed E-state index contributed by atoms with van der Waals surface area (Å²) >= 11 is 0. The molecule has 3 aliphatic heterocycles. The normalized spacial score (nSPS) is 23.9. The van der Waals surface area contributed by atoms with Gasteiger partial charge in [0.2, 0.25) is 5.91 Å². The second-order valence-corrected chi connectivity index (χ2v) is 9.80. The third kappa shape index (κ3) is 6.56. The minimum Gasteiger partial charge on any atom is -0.380 e. The largest absolute Gasteiger partial charge is 0.416 e. The first kappa shape index (κ1) is 25.8. The van der Waals surface area contributed by atoms with Crippen molar-refractivity contribution in [2.24, 2.45) is 0 Å². The molecule has 0 aliphatic carbocycles. The summed E-state index contributed by atoms with van der Waals surface area (Å²) < 4.78 is 51.1. The molecule has 1 aromatic carbocycles. The third-order valence-corrected chi connectivity index (χ3v) is 7.19. The minimum atomic E-state index is -4.38. The van der Waals surface area contributed by atoms with E-state index in [1.54, 1.807) is 18.5 Å². The summed E-state index contributed by atoms with van der Waals surface area (Å²) in [4.78, 5) is 21.3. The van der Waals surface area contributed by atoms with E-state index < -0.39 is 11.7 Å². The fourth-order valence-corrected chi connectivity index (χ4v) is 5.14. The van der Waals surface area contributed by atoms with Crippen molar-refractivity contribution in [3.8, 4) is 0 Å². The molecule has 0 spiro atoms. The maximum Gasteiger partial charge on any atom is 0.416 e. The van der Waals surface area contributed by atoms with Crippen molar-refractivity contribution in [3.05, 3.63) is 76.8 Å². The number of ether oxygens (including phenoxy) is 2. The number of pyridine rings is 1. The Morgan fingerprint density at radius 2 is 2.11 bits per heavy atom. The van der Waals surface area contributed by atoms with E-state index >= 15 is 0 Å². The van der Waals surface area contributed by atoms with Crippen molar-refractivity contribution in [2.45, 2.75) is 44.3 Å². The number of likely N-dealkylation sites (tertiary alicyclic amines) is 1. The standard InChI is InChI=1S/C27H31F3N4O3/c28-27(29,30)22-5-4-19-6-9-33(13-20(19)11-22)16-26(35)32-12-21-14-34(24-7-10-36-18-24)15-25(21)37-17-23-3-1-2-8-31-23/h1-5,8,11-12,24-25H,6-7,9-10,13-18H2,(H,32,35)/b21-12-/t24?,25-/m0/s1. The van der Waals surface area contributed by atoms with Crippen molar-refractivity contribution in [2.75, 3.05) is 39.4 Å². The summed E-state index contributed by atoms with van der Waals surface area (Å²) in [6.07, 6.45) is 0.500. The van der Waals surface area contributed by atoms with Crippen molar-refractivity contribution >= 4 is 5.91 Å². The van der Waals surface area contributed by atoms with Crippen LogP contribution in [-0.2, 0) is 40.0 Å². The Labute approximate surface area is 214 Å². The zero-order valence-electron chi connectivity index (χ0n) is 20.5. The Bertz CT molecular complexity index is 1120. The lowest BCUT2D eigenvalue weighted by molar-refractivity contribution is -0.137. The van der Waals surface area contributed by atoms with Crippen LogP contribution in [0, 0.1) is 0 Å². The SMILES string of the molecule is O=C(CN1CCc2ccc(C(F)(F)F)cc2C1)N/C=C1/CN(C2CCOC2)C[C@@H]1OCc1ccccn1. The van der Waals surface area contributed by atoms with E-state index in [0.717, 1.165) is 35.9 Å². The van der Waals surface area contributed by atoms with Gasteiger partial charge in [0.15, 0.2) is 0 Å². The van der Waals surface area contributed by atoms with E-state index in [9.17, 15) is 18.0 Å². The van der Waals surface area contributed by atoms with Crippen LogP contribution in [-0.4, -0.2) is 72.2 Å². The Kier molecular flexibility index (Phi) is 7.89. The molecule has 0 saturated carbocycles. The van der Waals surface area contributed by atoms with Crippen LogP contribution in [0.15, 0.2) is 54.4 Å². The molecule has 10 heteroatoms. The molecule has 198 valence electrons. The maximum atomic E-state index is 13.1. The number of halogens is 3. The van der Waals surface area contributed by atoms with E-state index in [1.807, 2.05) is 23.1 Å². The average Bonchev–Trinajstić information content (AvgIpc) is 3.56. The molecule has 2 fully saturated rings. The molecule has 2 atom stereocenters. The number of nitrogens with one attached hydrogen (secondary N) is 1. The van der Waals surface area contributed by atoms with Crippen LogP contribution in [0.5, 0.6) is 0 Å². The topological polar surface area (TPSA) is 66.9 Å². The van der Waals surface area contributed by atoms with Gasteiger partial charge >= 0.3 is 6.18 Å². The van der Waals surface area contributed by atoms with Gasteiger partial charge in [-0.3, -0.25) is 19.6 Å². The average molecular weight is 517 g/mol. The van der Waals surface area contributed by atoms with Gasteiger partial charge in [0.1, 0.15) is 0 Å². The number of hydrogen-bond acceptors (Lipinski definition) is 6. The number of nitrogens with zero attached hydrogens (tertiary/aromatic N) is 3. The predicted molar refractivity (Wildman–Crippen MR) is 130 cm³/mol. The van der Waals surface area contributed by atoms with E-state index in [0.29, 0.717) is 57.4 Å².